The van der Waals surface area contributed by atoms with E-state index in [1.54, 1.807) is 42.5 Å². The average Bonchev–Trinajstić information content (AvgIpc) is 2.96. The summed E-state index contributed by atoms with van der Waals surface area (Å²) in [5, 5.41) is 11.6. The molecular formula is C16H12ClF3N4O. The molecule has 1 N–H and O–H groups in total. The number of hydrogen-bond donors (Lipinski definition) is 1. The molecule has 0 aliphatic heterocycles. The maximum Gasteiger partial charge on any atom is 0.389 e. The smallest absolute Gasteiger partial charge is 0.326 e. The number of aromatic nitrogens is 3. The maximum absolute atomic E-state index is 12.1. The van der Waals surface area contributed by atoms with Gasteiger partial charge in [0.1, 0.15) is 11.0 Å². The lowest BCUT2D eigenvalue weighted by Crippen LogP contribution is -2.16. The van der Waals surface area contributed by atoms with Gasteiger partial charge in [-0.3, -0.25) is 4.79 Å². The molecule has 5 nitrogen and oxygen atoms in total. The van der Waals surface area contributed by atoms with Gasteiger partial charge in [-0.05, 0) is 42.5 Å². The summed E-state index contributed by atoms with van der Waals surface area (Å²) in [4.78, 5) is 13.0. The standard InChI is InChI=1S/C16H12ClF3N4O/c17-10-1-4-12(5-2-10)24-22-13-6-3-11(9-14(13)23-24)21-15(25)7-8-16(18,19)20/h1-6,9H,7-8H2,(H,21,25). The first-order valence-electron chi connectivity index (χ1n) is 7.30. The lowest BCUT2D eigenvalue weighted by molar-refractivity contribution is -0.142. The van der Waals surface area contributed by atoms with Crippen LogP contribution in [0.15, 0.2) is 42.5 Å². The lowest BCUT2D eigenvalue weighted by Gasteiger charge is -2.07. The van der Waals surface area contributed by atoms with Crippen molar-refractivity contribution in [2.45, 2.75) is 19.0 Å². The molecule has 130 valence electrons. The van der Waals surface area contributed by atoms with Crippen molar-refractivity contribution in [1.82, 2.24) is 15.0 Å². The Hall–Kier alpha value is -2.61. The molecule has 9 heteroatoms. The molecule has 0 saturated carbocycles. The number of carbonyl (C=O) groups is 1. The first-order chi connectivity index (χ1) is 11.8. The summed E-state index contributed by atoms with van der Waals surface area (Å²) >= 11 is 5.84. The molecule has 1 heterocycles. The fraction of sp³-hybridized carbons (Fsp3) is 0.188. The molecule has 0 fully saturated rings. The number of alkyl halides is 3. The number of nitrogens with zero attached hydrogens (tertiary/aromatic N) is 3. The fourth-order valence-electron chi connectivity index (χ4n) is 2.16. The zero-order valence-electron chi connectivity index (χ0n) is 12.7. The number of fused-ring (bicyclic) bond motifs is 1. The second kappa shape index (κ2) is 6.72. The second-order valence-corrected chi connectivity index (χ2v) is 5.77. The quantitative estimate of drug-likeness (QED) is 0.744. The first kappa shape index (κ1) is 17.2. The molecule has 2 aromatic carbocycles. The summed E-state index contributed by atoms with van der Waals surface area (Å²) in [7, 11) is 0. The Balaban J connectivity index is 1.76. The van der Waals surface area contributed by atoms with Crippen molar-refractivity contribution in [1.29, 1.82) is 0 Å². The molecule has 0 saturated heterocycles. The van der Waals surface area contributed by atoms with Gasteiger partial charge in [0.2, 0.25) is 5.91 Å². The van der Waals surface area contributed by atoms with Crippen LogP contribution in [0.25, 0.3) is 16.7 Å². The number of halogens is 4. The monoisotopic (exact) mass is 368 g/mol. The summed E-state index contributed by atoms with van der Waals surface area (Å²) in [5.74, 6) is -0.707. The van der Waals surface area contributed by atoms with Crippen molar-refractivity contribution >= 4 is 34.2 Å². The van der Waals surface area contributed by atoms with Gasteiger partial charge < -0.3 is 5.32 Å². The van der Waals surface area contributed by atoms with Gasteiger partial charge in [-0.2, -0.15) is 18.0 Å². The van der Waals surface area contributed by atoms with Gasteiger partial charge in [0.05, 0.1) is 12.1 Å². The zero-order valence-corrected chi connectivity index (χ0v) is 13.5. The summed E-state index contributed by atoms with van der Waals surface area (Å²) in [5.41, 5.74) is 2.16. The van der Waals surface area contributed by atoms with Crippen molar-refractivity contribution in [2.75, 3.05) is 5.32 Å². The minimum atomic E-state index is -4.36. The SMILES string of the molecule is O=C(CCC(F)(F)F)Nc1ccc2nn(-c3ccc(Cl)cc3)nc2c1. The Morgan fingerprint density at radius 1 is 1.08 bits per heavy atom. The summed E-state index contributed by atoms with van der Waals surface area (Å²) in [6.07, 6.45) is -6.14. The van der Waals surface area contributed by atoms with E-state index in [1.807, 2.05) is 0 Å². The van der Waals surface area contributed by atoms with Gasteiger partial charge in [0.15, 0.2) is 0 Å². The molecule has 0 bridgehead atoms. The van der Waals surface area contributed by atoms with Gasteiger partial charge in [-0.25, -0.2) is 0 Å². The topological polar surface area (TPSA) is 59.8 Å². The third-order valence-corrected chi connectivity index (χ3v) is 3.61. The average molecular weight is 369 g/mol. The number of carbonyl (C=O) groups excluding carboxylic acids is 1. The van der Waals surface area contributed by atoms with Crippen LogP contribution >= 0.6 is 11.6 Å². The maximum atomic E-state index is 12.1. The predicted octanol–water partition coefficient (Wildman–Crippen LogP) is 4.35. The summed E-state index contributed by atoms with van der Waals surface area (Å²) < 4.78 is 36.4. The number of amides is 1. The molecule has 0 radical (unpaired) electrons. The van der Waals surface area contributed by atoms with E-state index in [0.717, 1.165) is 0 Å². The highest BCUT2D eigenvalue weighted by Crippen LogP contribution is 2.22. The largest absolute Gasteiger partial charge is 0.389 e. The molecule has 0 unspecified atom stereocenters. The van der Waals surface area contributed by atoms with E-state index >= 15 is 0 Å². The van der Waals surface area contributed by atoms with E-state index < -0.39 is 24.9 Å². The molecule has 1 aromatic heterocycles. The van der Waals surface area contributed by atoms with Crippen molar-refractivity contribution in [3.8, 4) is 5.69 Å². The molecule has 3 rings (SSSR count). The van der Waals surface area contributed by atoms with Crippen molar-refractivity contribution < 1.29 is 18.0 Å². The van der Waals surface area contributed by atoms with Crippen LogP contribution in [0.3, 0.4) is 0 Å². The number of nitrogens with one attached hydrogen (secondary N) is 1. The van der Waals surface area contributed by atoms with E-state index in [9.17, 15) is 18.0 Å². The Kier molecular flexibility index (Phi) is 4.63. The van der Waals surface area contributed by atoms with Crippen LogP contribution in [0.5, 0.6) is 0 Å². The first-order valence-corrected chi connectivity index (χ1v) is 7.68. The van der Waals surface area contributed by atoms with Crippen molar-refractivity contribution in [3.63, 3.8) is 0 Å². The van der Waals surface area contributed by atoms with Crippen molar-refractivity contribution in [3.05, 3.63) is 47.5 Å². The highest BCUT2D eigenvalue weighted by atomic mass is 35.5. The van der Waals surface area contributed by atoms with Crippen LogP contribution in [0.1, 0.15) is 12.8 Å². The lowest BCUT2D eigenvalue weighted by atomic mass is 10.2. The van der Waals surface area contributed by atoms with Gasteiger partial charge in [0.25, 0.3) is 0 Å². The van der Waals surface area contributed by atoms with Crippen LogP contribution in [-0.4, -0.2) is 27.1 Å². The minimum Gasteiger partial charge on any atom is -0.326 e. The van der Waals surface area contributed by atoms with Gasteiger partial charge >= 0.3 is 6.18 Å². The molecule has 1 amide bonds. The Labute approximate surface area is 145 Å². The highest BCUT2D eigenvalue weighted by Gasteiger charge is 2.27. The van der Waals surface area contributed by atoms with E-state index in [0.29, 0.717) is 27.4 Å². The molecule has 0 spiro atoms. The van der Waals surface area contributed by atoms with Crippen LogP contribution < -0.4 is 5.32 Å². The van der Waals surface area contributed by atoms with E-state index in [1.165, 1.54) is 4.80 Å². The van der Waals surface area contributed by atoms with Crippen LogP contribution in [0, 0.1) is 0 Å². The van der Waals surface area contributed by atoms with Gasteiger partial charge in [0, 0.05) is 17.1 Å². The van der Waals surface area contributed by atoms with Crippen molar-refractivity contribution in [2.24, 2.45) is 0 Å². The van der Waals surface area contributed by atoms with Crippen LogP contribution in [-0.2, 0) is 4.79 Å². The second-order valence-electron chi connectivity index (χ2n) is 5.33. The molecule has 3 aromatic rings. The van der Waals surface area contributed by atoms with Crippen LogP contribution in [0.2, 0.25) is 5.02 Å². The van der Waals surface area contributed by atoms with Crippen LogP contribution in [0.4, 0.5) is 18.9 Å². The Morgan fingerprint density at radius 2 is 1.76 bits per heavy atom. The van der Waals surface area contributed by atoms with Gasteiger partial charge in [-0.1, -0.05) is 11.6 Å². The summed E-state index contributed by atoms with van der Waals surface area (Å²) in [6.45, 7) is 0. The zero-order chi connectivity index (χ0) is 18.0. The van der Waals surface area contributed by atoms with E-state index in [4.69, 9.17) is 11.6 Å². The predicted molar refractivity (Wildman–Crippen MR) is 87.8 cm³/mol. The third-order valence-electron chi connectivity index (χ3n) is 3.36. The molecule has 0 aliphatic rings. The number of hydrogen-bond acceptors (Lipinski definition) is 3. The third kappa shape index (κ3) is 4.48. The number of anilines is 1. The van der Waals surface area contributed by atoms with E-state index in [-0.39, 0.29) is 0 Å². The van der Waals surface area contributed by atoms with Gasteiger partial charge in [-0.15, -0.1) is 10.2 Å². The highest BCUT2D eigenvalue weighted by molar-refractivity contribution is 6.30. The number of benzene rings is 2. The number of rotatable bonds is 4. The Bertz CT molecular complexity index is 906. The Morgan fingerprint density at radius 3 is 2.44 bits per heavy atom. The molecule has 25 heavy (non-hydrogen) atoms. The molecule has 0 atom stereocenters. The fourth-order valence-corrected chi connectivity index (χ4v) is 2.29. The van der Waals surface area contributed by atoms with E-state index in [2.05, 4.69) is 15.5 Å². The minimum absolute atomic E-state index is 0.364. The summed E-state index contributed by atoms with van der Waals surface area (Å²) in [6, 6.07) is 11.7. The normalized spacial score (nSPS) is 11.7. The molecular weight excluding hydrogens is 357 g/mol. The molecule has 0 aliphatic carbocycles.